The fraction of sp³-hybridized carbons (Fsp3) is 0. The van der Waals surface area contributed by atoms with Crippen molar-refractivity contribution >= 4 is 39.6 Å². The van der Waals surface area contributed by atoms with Gasteiger partial charge in [0.15, 0.2) is 5.58 Å². The molecular weight excluding hydrogens is 230 g/mol. The quantitative estimate of drug-likeness (QED) is 0.680. The average molecular weight is 236 g/mol. The van der Waals surface area contributed by atoms with Crippen LogP contribution in [0.4, 0.5) is 0 Å². The zero-order valence-electron chi connectivity index (χ0n) is 7.95. The van der Waals surface area contributed by atoms with Crippen LogP contribution < -0.4 is 0 Å². The molecule has 3 aromatic rings. The Labute approximate surface area is 94.4 Å². The van der Waals surface area contributed by atoms with Crippen molar-refractivity contribution < 1.29 is 14.3 Å². The monoisotopic (exact) mass is 235 g/mol. The molecule has 2 aromatic heterocycles. The number of H-pyrrole nitrogens is 1. The summed E-state index contributed by atoms with van der Waals surface area (Å²) in [6.07, 6.45) is 0. The summed E-state index contributed by atoms with van der Waals surface area (Å²) in [6.45, 7) is 0. The van der Waals surface area contributed by atoms with Gasteiger partial charge in [0, 0.05) is 16.5 Å². The topological polar surface area (TPSA) is 66.2 Å². The molecule has 0 saturated heterocycles. The highest BCUT2D eigenvalue weighted by Gasteiger charge is 2.14. The molecule has 0 spiro atoms. The van der Waals surface area contributed by atoms with Crippen molar-refractivity contribution in [1.82, 2.24) is 4.98 Å². The van der Waals surface area contributed by atoms with Crippen molar-refractivity contribution in [3.63, 3.8) is 0 Å². The van der Waals surface area contributed by atoms with Gasteiger partial charge in [0.05, 0.1) is 11.0 Å². The van der Waals surface area contributed by atoms with Crippen LogP contribution in [-0.4, -0.2) is 16.1 Å². The number of aromatic amines is 1. The maximum Gasteiger partial charge on any atom is 0.371 e. The van der Waals surface area contributed by atoms with Crippen molar-refractivity contribution in [1.29, 1.82) is 0 Å². The number of carboxylic acids is 1. The summed E-state index contributed by atoms with van der Waals surface area (Å²) in [4.78, 5) is 13.8. The van der Waals surface area contributed by atoms with E-state index in [9.17, 15) is 4.79 Å². The highest BCUT2D eigenvalue weighted by Crippen LogP contribution is 2.29. The van der Waals surface area contributed by atoms with Gasteiger partial charge in [-0.1, -0.05) is 11.6 Å². The lowest BCUT2D eigenvalue weighted by molar-refractivity contribution is 0.0665. The van der Waals surface area contributed by atoms with Gasteiger partial charge in [0.2, 0.25) is 5.76 Å². The second-order valence-corrected chi connectivity index (χ2v) is 3.91. The van der Waals surface area contributed by atoms with Gasteiger partial charge in [-0.15, -0.1) is 0 Å². The van der Waals surface area contributed by atoms with E-state index >= 15 is 0 Å². The number of fused-ring (bicyclic) bond motifs is 3. The summed E-state index contributed by atoms with van der Waals surface area (Å²) in [5.41, 5.74) is 2.04. The fourth-order valence-corrected chi connectivity index (χ4v) is 1.92. The van der Waals surface area contributed by atoms with Crippen LogP contribution in [0.25, 0.3) is 22.0 Å². The third-order valence-corrected chi connectivity index (χ3v) is 2.67. The zero-order chi connectivity index (χ0) is 11.3. The number of aromatic carboxylic acids is 1. The molecule has 5 heteroatoms. The molecule has 0 unspecified atom stereocenters. The van der Waals surface area contributed by atoms with Crippen LogP contribution in [0.15, 0.2) is 28.7 Å². The van der Waals surface area contributed by atoms with Gasteiger partial charge in [-0.2, -0.15) is 0 Å². The van der Waals surface area contributed by atoms with Gasteiger partial charge >= 0.3 is 5.97 Å². The standard InChI is InChI=1S/C11H6ClNO3/c12-5-1-2-6-7(3-5)13-8-4-9(11(14)15)16-10(6)8/h1-4,13H,(H,14,15). The Morgan fingerprint density at radius 3 is 2.88 bits per heavy atom. The van der Waals surface area contributed by atoms with Crippen LogP contribution in [-0.2, 0) is 0 Å². The van der Waals surface area contributed by atoms with Gasteiger partial charge in [-0.25, -0.2) is 4.79 Å². The molecule has 0 aliphatic rings. The Kier molecular flexibility index (Phi) is 1.76. The number of benzene rings is 1. The van der Waals surface area contributed by atoms with Crippen molar-refractivity contribution in [3.05, 3.63) is 35.0 Å². The highest BCUT2D eigenvalue weighted by molar-refractivity contribution is 6.31. The molecule has 2 N–H and O–H groups in total. The maximum atomic E-state index is 10.7. The molecule has 0 aliphatic carbocycles. The van der Waals surface area contributed by atoms with Crippen molar-refractivity contribution in [2.24, 2.45) is 0 Å². The Morgan fingerprint density at radius 1 is 1.31 bits per heavy atom. The zero-order valence-corrected chi connectivity index (χ0v) is 8.71. The van der Waals surface area contributed by atoms with Crippen molar-refractivity contribution in [3.8, 4) is 0 Å². The van der Waals surface area contributed by atoms with Gasteiger partial charge in [0.1, 0.15) is 0 Å². The van der Waals surface area contributed by atoms with Crippen molar-refractivity contribution in [2.45, 2.75) is 0 Å². The van der Waals surface area contributed by atoms with Crippen molar-refractivity contribution in [2.75, 3.05) is 0 Å². The van der Waals surface area contributed by atoms with Crippen LogP contribution in [0.2, 0.25) is 5.02 Å². The Balaban J connectivity index is 2.38. The number of furan rings is 1. The summed E-state index contributed by atoms with van der Waals surface area (Å²) < 4.78 is 5.25. The molecule has 1 aromatic carbocycles. The van der Waals surface area contributed by atoms with Gasteiger partial charge in [0.25, 0.3) is 0 Å². The summed E-state index contributed by atoms with van der Waals surface area (Å²) in [5.74, 6) is -1.15. The molecule has 0 radical (unpaired) electrons. The van der Waals surface area contributed by atoms with E-state index in [1.54, 1.807) is 18.2 Å². The lowest BCUT2D eigenvalue weighted by Gasteiger charge is -1.91. The van der Waals surface area contributed by atoms with Gasteiger partial charge < -0.3 is 14.5 Å². The molecular formula is C11H6ClNO3. The van der Waals surface area contributed by atoms with Crippen LogP contribution in [0, 0.1) is 0 Å². The summed E-state index contributed by atoms with van der Waals surface area (Å²) in [6, 6.07) is 6.77. The minimum absolute atomic E-state index is 0.0712. The third-order valence-electron chi connectivity index (χ3n) is 2.44. The first-order valence-corrected chi connectivity index (χ1v) is 4.97. The Bertz CT molecular complexity index is 710. The minimum atomic E-state index is -1.08. The normalized spacial score (nSPS) is 11.3. The number of halogens is 1. The van der Waals surface area contributed by atoms with Crippen LogP contribution >= 0.6 is 11.6 Å². The largest absolute Gasteiger partial charge is 0.475 e. The first-order chi connectivity index (χ1) is 7.65. The minimum Gasteiger partial charge on any atom is -0.475 e. The van der Waals surface area contributed by atoms with Gasteiger partial charge in [-0.05, 0) is 18.2 Å². The lowest BCUT2D eigenvalue weighted by Crippen LogP contribution is -1.91. The Hall–Kier alpha value is -1.94. The number of carbonyl (C=O) groups is 1. The number of nitrogens with one attached hydrogen (secondary N) is 1. The molecule has 3 rings (SSSR count). The summed E-state index contributed by atoms with van der Waals surface area (Å²) in [7, 11) is 0. The molecule has 0 saturated carbocycles. The third kappa shape index (κ3) is 1.20. The molecule has 0 bridgehead atoms. The van der Waals surface area contributed by atoms with E-state index in [-0.39, 0.29) is 5.76 Å². The number of hydrogen-bond donors (Lipinski definition) is 2. The van der Waals surface area contributed by atoms with E-state index in [1.165, 1.54) is 6.07 Å². The lowest BCUT2D eigenvalue weighted by atomic mass is 10.2. The molecule has 0 atom stereocenters. The van der Waals surface area contributed by atoms with E-state index in [0.29, 0.717) is 16.1 Å². The predicted molar refractivity (Wildman–Crippen MR) is 60.0 cm³/mol. The van der Waals surface area contributed by atoms with Crippen LogP contribution in [0.5, 0.6) is 0 Å². The van der Waals surface area contributed by atoms with E-state index in [2.05, 4.69) is 4.98 Å². The second kappa shape index (κ2) is 3.02. The average Bonchev–Trinajstić information content (AvgIpc) is 2.73. The van der Waals surface area contributed by atoms with E-state index in [0.717, 1.165) is 10.9 Å². The smallest absolute Gasteiger partial charge is 0.371 e. The predicted octanol–water partition coefficient (Wildman–Crippen LogP) is 3.27. The maximum absolute atomic E-state index is 10.7. The molecule has 0 amide bonds. The summed E-state index contributed by atoms with van der Waals surface area (Å²) >= 11 is 5.85. The molecule has 80 valence electrons. The van der Waals surface area contributed by atoms with E-state index in [1.807, 2.05) is 0 Å². The number of carboxylic acid groups (broad SMARTS) is 1. The second-order valence-electron chi connectivity index (χ2n) is 3.47. The van der Waals surface area contributed by atoms with E-state index < -0.39 is 5.97 Å². The van der Waals surface area contributed by atoms with E-state index in [4.69, 9.17) is 21.1 Å². The highest BCUT2D eigenvalue weighted by atomic mass is 35.5. The SMILES string of the molecule is O=C(O)c1cc2[nH]c3cc(Cl)ccc3c2o1. The number of aromatic nitrogens is 1. The first-order valence-electron chi connectivity index (χ1n) is 4.59. The molecule has 2 heterocycles. The molecule has 4 nitrogen and oxygen atoms in total. The molecule has 0 fully saturated rings. The molecule has 0 aliphatic heterocycles. The number of rotatable bonds is 1. The fourth-order valence-electron chi connectivity index (χ4n) is 1.75. The molecule has 16 heavy (non-hydrogen) atoms. The van der Waals surface area contributed by atoms with Crippen LogP contribution in [0.3, 0.4) is 0 Å². The summed E-state index contributed by atoms with van der Waals surface area (Å²) in [5, 5.41) is 10.2. The Morgan fingerprint density at radius 2 is 2.12 bits per heavy atom. The van der Waals surface area contributed by atoms with Gasteiger partial charge in [-0.3, -0.25) is 0 Å². The first kappa shape index (κ1) is 9.30. The number of hydrogen-bond acceptors (Lipinski definition) is 2. The van der Waals surface area contributed by atoms with Crippen LogP contribution in [0.1, 0.15) is 10.6 Å².